The van der Waals surface area contributed by atoms with E-state index in [0.29, 0.717) is 11.8 Å². The number of carbonyl (C=O) groups is 2. The lowest BCUT2D eigenvalue weighted by Crippen LogP contribution is -2.63. The minimum absolute atomic E-state index is 0.000975. The Labute approximate surface area is 162 Å². The van der Waals surface area contributed by atoms with Crippen LogP contribution >= 0.6 is 0 Å². The molecule has 0 aliphatic heterocycles. The Balaban J connectivity index is 2.30. The molecule has 6 nitrogen and oxygen atoms in total. The first-order valence-corrected chi connectivity index (χ1v) is 9.05. The average Bonchev–Trinajstić information content (AvgIpc) is 3.42. The number of rotatable bonds is 8. The van der Waals surface area contributed by atoms with Gasteiger partial charge in [-0.05, 0) is 31.2 Å². The maximum atomic E-state index is 12.8. The zero-order chi connectivity index (χ0) is 21.2. The normalized spacial score (nSPS) is 17.0. The summed E-state index contributed by atoms with van der Waals surface area (Å²) >= 11 is 0. The highest BCUT2D eigenvalue weighted by molar-refractivity contribution is 5.95. The van der Waals surface area contributed by atoms with Crippen molar-refractivity contribution in [3.8, 4) is 5.75 Å². The molecule has 1 heterocycles. The first-order chi connectivity index (χ1) is 12.9. The summed E-state index contributed by atoms with van der Waals surface area (Å²) in [4.78, 5) is 28.7. The van der Waals surface area contributed by atoms with Crippen LogP contribution in [0.25, 0.3) is 0 Å². The Bertz CT molecular complexity index is 727. The van der Waals surface area contributed by atoms with E-state index in [4.69, 9.17) is 4.74 Å². The molecule has 1 atom stereocenters. The van der Waals surface area contributed by atoms with Gasteiger partial charge in [0.15, 0.2) is 6.61 Å². The minimum Gasteiger partial charge on any atom is -0.484 e. The number of nitrogens with zero attached hydrogens (tertiary/aromatic N) is 1. The summed E-state index contributed by atoms with van der Waals surface area (Å²) in [5.74, 6) is -0.557. The Morgan fingerprint density at radius 3 is 2.43 bits per heavy atom. The Kier molecular flexibility index (Phi) is 6.37. The Morgan fingerprint density at radius 2 is 1.96 bits per heavy atom. The Morgan fingerprint density at radius 1 is 1.32 bits per heavy atom. The van der Waals surface area contributed by atoms with E-state index < -0.39 is 29.6 Å². The molecular weight excluding hydrogens is 375 g/mol. The molecule has 0 spiro atoms. The molecule has 1 saturated carbocycles. The van der Waals surface area contributed by atoms with Crippen LogP contribution in [0, 0.1) is 5.41 Å². The van der Waals surface area contributed by atoms with E-state index in [1.807, 2.05) is 0 Å². The predicted octanol–water partition coefficient (Wildman–Crippen LogP) is 2.83. The fraction of sp³-hybridized carbons (Fsp3) is 0.632. The van der Waals surface area contributed by atoms with Gasteiger partial charge in [0.1, 0.15) is 23.3 Å². The van der Waals surface area contributed by atoms with Crippen molar-refractivity contribution in [2.24, 2.45) is 5.41 Å². The van der Waals surface area contributed by atoms with E-state index in [2.05, 4.69) is 15.6 Å². The molecule has 28 heavy (non-hydrogen) atoms. The number of carbonyl (C=O) groups excluding carboxylic acids is 2. The highest BCUT2D eigenvalue weighted by Crippen LogP contribution is 2.44. The Hall–Kier alpha value is -2.16. The van der Waals surface area contributed by atoms with Crippen molar-refractivity contribution < 1.29 is 27.5 Å². The maximum Gasteiger partial charge on any atom is 0.422 e. The van der Waals surface area contributed by atoms with Crippen LogP contribution in [0.3, 0.4) is 0 Å². The number of likely N-dealkylation sites (N-methyl/N-ethyl adjacent to an activating group) is 1. The van der Waals surface area contributed by atoms with E-state index in [9.17, 15) is 22.8 Å². The molecule has 9 heteroatoms. The molecule has 1 amide bonds. The average molecular weight is 401 g/mol. The second-order valence-corrected chi connectivity index (χ2v) is 8.11. The third-order valence-corrected chi connectivity index (χ3v) is 4.87. The predicted molar refractivity (Wildman–Crippen MR) is 97.4 cm³/mol. The highest BCUT2D eigenvalue weighted by atomic mass is 19.4. The number of ether oxygens (including phenoxy) is 1. The molecule has 2 N–H and O–H groups in total. The molecule has 1 fully saturated rings. The number of halogens is 3. The van der Waals surface area contributed by atoms with Crippen LogP contribution in [-0.4, -0.2) is 49.1 Å². The van der Waals surface area contributed by atoms with Gasteiger partial charge in [-0.1, -0.05) is 20.8 Å². The molecule has 1 aromatic rings. The lowest BCUT2D eigenvalue weighted by Gasteiger charge is -2.40. The summed E-state index contributed by atoms with van der Waals surface area (Å²) in [6.45, 7) is 4.16. The summed E-state index contributed by atoms with van der Waals surface area (Å²) in [5.41, 5.74) is -1.37. The third-order valence-electron chi connectivity index (χ3n) is 4.87. The summed E-state index contributed by atoms with van der Waals surface area (Å²) in [5, 5.41) is 5.58. The van der Waals surface area contributed by atoms with E-state index in [0.717, 1.165) is 12.8 Å². The minimum atomic E-state index is -4.49. The quantitative estimate of drug-likeness (QED) is 0.655. The van der Waals surface area contributed by atoms with Crippen molar-refractivity contribution in [1.82, 2.24) is 15.6 Å². The van der Waals surface area contributed by atoms with Crippen molar-refractivity contribution in [2.75, 3.05) is 20.2 Å². The van der Waals surface area contributed by atoms with Crippen LogP contribution in [0.4, 0.5) is 13.2 Å². The van der Waals surface area contributed by atoms with Gasteiger partial charge >= 0.3 is 6.18 Å². The molecule has 0 aromatic carbocycles. The standard InChI is InChI=1S/C19H26F3N3O3/c1-17(2,3)18(10-26,9-23-4)25-16(27)14-7-15(28-11-19(20,21)22)13(8-24-14)12-5-6-12/h7-8,10,12,23H,5-6,9,11H2,1-4H3,(H,25,27). The van der Waals surface area contributed by atoms with Gasteiger partial charge in [0.05, 0.1) is 0 Å². The SMILES string of the molecule is CNCC(C=O)(NC(=O)c1cc(OCC(F)(F)F)c(C2CC2)cn1)C(C)(C)C. The number of hydrogen-bond donors (Lipinski definition) is 2. The van der Waals surface area contributed by atoms with Crippen LogP contribution in [0.2, 0.25) is 0 Å². The summed E-state index contributed by atoms with van der Waals surface area (Å²) in [6.07, 6.45) is -0.749. The number of nitrogens with one attached hydrogen (secondary N) is 2. The van der Waals surface area contributed by atoms with E-state index >= 15 is 0 Å². The van der Waals surface area contributed by atoms with Gasteiger partial charge in [0.2, 0.25) is 0 Å². The molecular formula is C19H26F3N3O3. The fourth-order valence-electron chi connectivity index (χ4n) is 2.85. The third kappa shape index (κ3) is 5.21. The smallest absolute Gasteiger partial charge is 0.422 e. The van der Waals surface area contributed by atoms with Gasteiger partial charge in [0, 0.05) is 24.4 Å². The summed E-state index contributed by atoms with van der Waals surface area (Å²) < 4.78 is 42.6. The first kappa shape index (κ1) is 22.1. The molecule has 156 valence electrons. The van der Waals surface area contributed by atoms with Crippen LogP contribution < -0.4 is 15.4 Å². The zero-order valence-electron chi connectivity index (χ0n) is 16.4. The highest BCUT2D eigenvalue weighted by Gasteiger charge is 2.43. The largest absolute Gasteiger partial charge is 0.484 e. The molecule has 0 saturated heterocycles. The van der Waals surface area contributed by atoms with Crippen LogP contribution in [0.1, 0.15) is 55.6 Å². The van der Waals surface area contributed by atoms with Crippen LogP contribution in [0.15, 0.2) is 12.3 Å². The van der Waals surface area contributed by atoms with Gasteiger partial charge in [-0.15, -0.1) is 0 Å². The number of pyridine rings is 1. The molecule has 1 aromatic heterocycles. The topological polar surface area (TPSA) is 80.3 Å². The lowest BCUT2D eigenvalue weighted by molar-refractivity contribution is -0.153. The number of alkyl halides is 3. The molecule has 0 radical (unpaired) electrons. The van der Waals surface area contributed by atoms with Crippen molar-refractivity contribution >= 4 is 12.2 Å². The van der Waals surface area contributed by atoms with E-state index in [-0.39, 0.29) is 23.9 Å². The monoisotopic (exact) mass is 401 g/mol. The number of aromatic nitrogens is 1. The second kappa shape index (κ2) is 8.06. The molecule has 1 aliphatic rings. The van der Waals surface area contributed by atoms with Crippen molar-refractivity contribution in [3.63, 3.8) is 0 Å². The number of hydrogen-bond acceptors (Lipinski definition) is 5. The van der Waals surface area contributed by atoms with Crippen LogP contribution in [-0.2, 0) is 4.79 Å². The van der Waals surface area contributed by atoms with Gasteiger partial charge in [0.25, 0.3) is 5.91 Å². The first-order valence-electron chi connectivity index (χ1n) is 9.05. The van der Waals surface area contributed by atoms with E-state index in [1.54, 1.807) is 27.8 Å². The van der Waals surface area contributed by atoms with Gasteiger partial charge in [-0.2, -0.15) is 13.2 Å². The van der Waals surface area contributed by atoms with Crippen molar-refractivity contribution in [3.05, 3.63) is 23.5 Å². The van der Waals surface area contributed by atoms with Gasteiger partial charge in [-0.3, -0.25) is 9.78 Å². The van der Waals surface area contributed by atoms with Crippen molar-refractivity contribution in [2.45, 2.75) is 51.2 Å². The molecule has 0 bridgehead atoms. The fourth-order valence-corrected chi connectivity index (χ4v) is 2.85. The summed E-state index contributed by atoms with van der Waals surface area (Å²) in [7, 11) is 1.65. The second-order valence-electron chi connectivity index (χ2n) is 8.11. The molecule has 1 unspecified atom stereocenters. The lowest BCUT2D eigenvalue weighted by atomic mass is 9.74. The van der Waals surface area contributed by atoms with Crippen LogP contribution in [0.5, 0.6) is 5.75 Å². The van der Waals surface area contributed by atoms with Crippen molar-refractivity contribution in [1.29, 1.82) is 0 Å². The molecule has 1 aliphatic carbocycles. The maximum absolute atomic E-state index is 12.8. The van der Waals surface area contributed by atoms with Gasteiger partial charge < -0.3 is 20.2 Å². The molecule has 2 rings (SSSR count). The summed E-state index contributed by atoms with van der Waals surface area (Å²) in [6, 6.07) is 1.21. The number of aldehydes is 1. The number of amides is 1. The zero-order valence-corrected chi connectivity index (χ0v) is 16.4. The van der Waals surface area contributed by atoms with E-state index in [1.165, 1.54) is 12.3 Å². The van der Waals surface area contributed by atoms with Gasteiger partial charge in [-0.25, -0.2) is 0 Å².